The summed E-state index contributed by atoms with van der Waals surface area (Å²) < 4.78 is 5.84. The fraction of sp³-hybridized carbons (Fsp3) is 0.333. The first-order chi connectivity index (χ1) is 13.1. The molecule has 1 N–H and O–H groups in total. The number of piperidine rings is 1. The molecule has 1 aliphatic rings. The maximum atomic E-state index is 12.7. The van der Waals surface area contributed by atoms with Gasteiger partial charge in [0, 0.05) is 24.0 Å². The highest BCUT2D eigenvalue weighted by atomic mass is 35.5. The van der Waals surface area contributed by atoms with E-state index in [-0.39, 0.29) is 17.9 Å². The Hall–Kier alpha value is -2.53. The molecular weight excluding hydrogens is 362 g/mol. The number of aromatic nitrogens is 1. The van der Waals surface area contributed by atoms with E-state index in [1.54, 1.807) is 0 Å². The lowest BCUT2D eigenvalue weighted by Gasteiger charge is -2.30. The maximum absolute atomic E-state index is 12.7. The van der Waals surface area contributed by atoms with Gasteiger partial charge in [-0.05, 0) is 43.5 Å². The van der Waals surface area contributed by atoms with E-state index >= 15 is 0 Å². The van der Waals surface area contributed by atoms with E-state index in [0.29, 0.717) is 11.0 Å². The van der Waals surface area contributed by atoms with Crippen molar-refractivity contribution < 1.29 is 9.21 Å². The van der Waals surface area contributed by atoms with Gasteiger partial charge >= 0.3 is 0 Å². The maximum Gasteiger partial charge on any atom is 0.298 e. The third kappa shape index (κ3) is 3.78. The van der Waals surface area contributed by atoms with Crippen molar-refractivity contribution in [3.05, 3.63) is 59.1 Å². The van der Waals surface area contributed by atoms with E-state index in [1.807, 2.05) is 55.5 Å². The van der Waals surface area contributed by atoms with Crippen molar-refractivity contribution in [2.45, 2.75) is 25.8 Å². The number of carbonyl (C=O) groups excluding carboxylic acids is 1. The van der Waals surface area contributed by atoms with Gasteiger partial charge in [0.05, 0.1) is 6.04 Å². The molecule has 4 rings (SSSR count). The highest BCUT2D eigenvalue weighted by molar-refractivity contribution is 6.31. The van der Waals surface area contributed by atoms with Crippen molar-refractivity contribution in [1.29, 1.82) is 0 Å². The Balaban J connectivity index is 1.36. The first kappa shape index (κ1) is 17.9. The van der Waals surface area contributed by atoms with Crippen LogP contribution in [0.4, 0.5) is 6.01 Å². The molecule has 2 aromatic carbocycles. The molecule has 0 bridgehead atoms. The molecule has 1 saturated heterocycles. The Bertz CT molecular complexity index is 914. The Labute approximate surface area is 163 Å². The van der Waals surface area contributed by atoms with Crippen molar-refractivity contribution in [3.63, 3.8) is 0 Å². The van der Waals surface area contributed by atoms with Crippen LogP contribution in [0.3, 0.4) is 0 Å². The van der Waals surface area contributed by atoms with E-state index in [9.17, 15) is 4.79 Å². The Morgan fingerprint density at radius 1 is 1.19 bits per heavy atom. The Morgan fingerprint density at radius 2 is 1.89 bits per heavy atom. The average molecular weight is 384 g/mol. The molecular formula is C21H22ClN3O2. The molecule has 0 spiro atoms. The average Bonchev–Trinajstić information content (AvgIpc) is 3.12. The van der Waals surface area contributed by atoms with Crippen LogP contribution in [0.5, 0.6) is 0 Å². The molecule has 0 saturated carbocycles. The van der Waals surface area contributed by atoms with Crippen molar-refractivity contribution in [2.75, 3.05) is 18.0 Å². The summed E-state index contributed by atoms with van der Waals surface area (Å²) in [7, 11) is 0. The molecule has 5 nitrogen and oxygen atoms in total. The molecule has 1 fully saturated rings. The van der Waals surface area contributed by atoms with Gasteiger partial charge in [-0.15, -0.1) is 0 Å². The van der Waals surface area contributed by atoms with Gasteiger partial charge in [0.1, 0.15) is 5.52 Å². The number of fused-ring (bicyclic) bond motifs is 1. The smallest absolute Gasteiger partial charge is 0.298 e. The van der Waals surface area contributed by atoms with Crippen LogP contribution >= 0.6 is 11.6 Å². The van der Waals surface area contributed by atoms with Gasteiger partial charge < -0.3 is 14.6 Å². The number of anilines is 1. The summed E-state index contributed by atoms with van der Waals surface area (Å²) in [6.07, 6.45) is 1.56. The van der Waals surface area contributed by atoms with Crippen LogP contribution in [0.2, 0.25) is 5.02 Å². The van der Waals surface area contributed by atoms with Crippen molar-refractivity contribution >= 4 is 34.6 Å². The zero-order valence-corrected chi connectivity index (χ0v) is 15.9. The highest BCUT2D eigenvalue weighted by Gasteiger charge is 2.28. The van der Waals surface area contributed by atoms with Crippen LogP contribution in [0, 0.1) is 5.92 Å². The minimum atomic E-state index is -0.110. The second-order valence-electron chi connectivity index (χ2n) is 6.98. The highest BCUT2D eigenvalue weighted by Crippen LogP contribution is 2.27. The van der Waals surface area contributed by atoms with Crippen LogP contribution in [0.1, 0.15) is 31.4 Å². The number of para-hydroxylation sites is 2. The summed E-state index contributed by atoms with van der Waals surface area (Å²) in [6, 6.07) is 15.9. The molecule has 3 aromatic rings. The normalized spacial score (nSPS) is 16.4. The first-order valence-corrected chi connectivity index (χ1v) is 9.65. The van der Waals surface area contributed by atoms with Crippen LogP contribution in [0.15, 0.2) is 52.9 Å². The lowest BCUT2D eigenvalue weighted by atomic mass is 9.95. The molecule has 1 aliphatic heterocycles. The molecule has 1 aromatic heterocycles. The largest absolute Gasteiger partial charge is 0.423 e. The van der Waals surface area contributed by atoms with E-state index in [2.05, 4.69) is 15.2 Å². The van der Waals surface area contributed by atoms with Crippen LogP contribution in [-0.2, 0) is 4.79 Å². The van der Waals surface area contributed by atoms with Gasteiger partial charge in [0.25, 0.3) is 6.01 Å². The number of rotatable bonds is 4. The fourth-order valence-electron chi connectivity index (χ4n) is 3.56. The van der Waals surface area contributed by atoms with E-state index in [1.165, 1.54) is 0 Å². The number of nitrogens with zero attached hydrogens (tertiary/aromatic N) is 2. The molecule has 0 aliphatic carbocycles. The minimum Gasteiger partial charge on any atom is -0.423 e. The Morgan fingerprint density at radius 3 is 2.63 bits per heavy atom. The number of carbonyl (C=O) groups is 1. The SMILES string of the molecule is CC(NC(=O)C1CCN(c2nc3ccccc3o2)CC1)c1ccccc1Cl. The predicted octanol–water partition coefficient (Wildman–Crippen LogP) is 4.58. The van der Waals surface area contributed by atoms with E-state index < -0.39 is 0 Å². The molecule has 140 valence electrons. The van der Waals surface area contributed by atoms with Gasteiger partial charge in [-0.3, -0.25) is 4.79 Å². The van der Waals surface area contributed by atoms with E-state index in [0.717, 1.165) is 42.6 Å². The molecule has 1 unspecified atom stereocenters. The molecule has 6 heteroatoms. The molecule has 1 atom stereocenters. The zero-order valence-electron chi connectivity index (χ0n) is 15.2. The van der Waals surface area contributed by atoms with Crippen molar-refractivity contribution in [3.8, 4) is 0 Å². The summed E-state index contributed by atoms with van der Waals surface area (Å²) in [5, 5.41) is 3.78. The van der Waals surface area contributed by atoms with E-state index in [4.69, 9.17) is 16.0 Å². The van der Waals surface area contributed by atoms with Gasteiger partial charge in [-0.2, -0.15) is 4.98 Å². The summed E-state index contributed by atoms with van der Waals surface area (Å²) in [5.41, 5.74) is 2.60. The van der Waals surface area contributed by atoms with Crippen molar-refractivity contribution in [1.82, 2.24) is 10.3 Å². The standard InChI is InChI=1S/C21H22ClN3O2/c1-14(16-6-2-3-7-17(16)22)23-20(26)15-10-12-25(13-11-15)21-24-18-8-4-5-9-19(18)27-21/h2-9,14-15H,10-13H2,1H3,(H,23,26). The molecule has 1 amide bonds. The molecule has 27 heavy (non-hydrogen) atoms. The summed E-state index contributed by atoms with van der Waals surface area (Å²) in [6.45, 7) is 3.48. The summed E-state index contributed by atoms with van der Waals surface area (Å²) in [4.78, 5) is 19.3. The van der Waals surface area contributed by atoms with Gasteiger partial charge in [-0.25, -0.2) is 0 Å². The lowest BCUT2D eigenvalue weighted by molar-refractivity contribution is -0.126. The molecule has 0 radical (unpaired) electrons. The number of hydrogen-bond acceptors (Lipinski definition) is 4. The second-order valence-corrected chi connectivity index (χ2v) is 7.38. The number of amides is 1. The van der Waals surface area contributed by atoms with Crippen LogP contribution < -0.4 is 10.2 Å². The number of oxazole rings is 1. The third-order valence-corrected chi connectivity index (χ3v) is 5.49. The van der Waals surface area contributed by atoms with Crippen LogP contribution in [-0.4, -0.2) is 24.0 Å². The van der Waals surface area contributed by atoms with Crippen LogP contribution in [0.25, 0.3) is 11.1 Å². The quantitative estimate of drug-likeness (QED) is 0.716. The summed E-state index contributed by atoms with van der Waals surface area (Å²) in [5.74, 6) is 0.0789. The topological polar surface area (TPSA) is 58.4 Å². The Kier molecular flexibility index (Phi) is 5.03. The number of halogens is 1. The minimum absolute atomic E-state index is 0.00411. The van der Waals surface area contributed by atoms with Gasteiger partial charge in [0.2, 0.25) is 5.91 Å². The second kappa shape index (κ2) is 7.61. The predicted molar refractivity (Wildman–Crippen MR) is 107 cm³/mol. The number of hydrogen-bond donors (Lipinski definition) is 1. The third-order valence-electron chi connectivity index (χ3n) is 5.15. The lowest BCUT2D eigenvalue weighted by Crippen LogP contribution is -2.41. The first-order valence-electron chi connectivity index (χ1n) is 9.27. The monoisotopic (exact) mass is 383 g/mol. The van der Waals surface area contributed by atoms with Crippen molar-refractivity contribution in [2.24, 2.45) is 5.92 Å². The zero-order chi connectivity index (χ0) is 18.8. The number of benzene rings is 2. The summed E-state index contributed by atoms with van der Waals surface area (Å²) >= 11 is 6.23. The molecule has 2 heterocycles. The number of nitrogens with one attached hydrogen (secondary N) is 1. The van der Waals surface area contributed by atoms with Gasteiger partial charge in [0.15, 0.2) is 5.58 Å². The fourth-order valence-corrected chi connectivity index (χ4v) is 3.86. The van der Waals surface area contributed by atoms with Gasteiger partial charge in [-0.1, -0.05) is 41.9 Å².